The number of carbonyl (C=O) groups excluding carboxylic acids is 1. The quantitative estimate of drug-likeness (QED) is 0.827. The second-order valence-corrected chi connectivity index (χ2v) is 4.58. The highest BCUT2D eigenvalue weighted by molar-refractivity contribution is 5.92. The van der Waals surface area contributed by atoms with Gasteiger partial charge in [-0.15, -0.1) is 0 Å². The third kappa shape index (κ3) is 4.71. The van der Waals surface area contributed by atoms with Crippen molar-refractivity contribution < 1.29 is 19.4 Å². The van der Waals surface area contributed by atoms with Gasteiger partial charge in [0.1, 0.15) is 6.61 Å². The van der Waals surface area contributed by atoms with Crippen molar-refractivity contribution >= 4 is 17.6 Å². The first-order valence-electron chi connectivity index (χ1n) is 6.15. The van der Waals surface area contributed by atoms with Gasteiger partial charge in [-0.3, -0.25) is 4.79 Å². The third-order valence-corrected chi connectivity index (χ3v) is 2.67. The van der Waals surface area contributed by atoms with E-state index in [-0.39, 0.29) is 18.4 Å². The van der Waals surface area contributed by atoms with Crippen LogP contribution in [-0.2, 0) is 14.3 Å². The summed E-state index contributed by atoms with van der Waals surface area (Å²) in [6.45, 7) is 5.18. The zero-order valence-electron chi connectivity index (χ0n) is 11.3. The molecule has 2 N–H and O–H groups in total. The van der Waals surface area contributed by atoms with E-state index in [4.69, 9.17) is 9.84 Å². The lowest BCUT2D eigenvalue weighted by molar-refractivity contribution is -0.150. The summed E-state index contributed by atoms with van der Waals surface area (Å²) in [6, 6.07) is 7.51. The zero-order valence-corrected chi connectivity index (χ0v) is 11.3. The molecule has 104 valence electrons. The fraction of sp³-hybridized carbons (Fsp3) is 0.429. The van der Waals surface area contributed by atoms with Crippen LogP contribution in [0.3, 0.4) is 0 Å². The number of hydrogen-bond donors (Lipinski definition) is 2. The predicted molar refractivity (Wildman–Crippen MR) is 72.2 cm³/mol. The number of amides is 1. The number of ether oxygens (including phenoxy) is 1. The van der Waals surface area contributed by atoms with Gasteiger partial charge in [-0.1, -0.05) is 32.0 Å². The van der Waals surface area contributed by atoms with E-state index in [2.05, 4.69) is 5.32 Å². The Bertz CT molecular complexity index is 457. The van der Waals surface area contributed by atoms with Crippen LogP contribution >= 0.6 is 0 Å². The highest BCUT2D eigenvalue weighted by Gasteiger charge is 2.14. The number of rotatable bonds is 6. The molecule has 19 heavy (non-hydrogen) atoms. The summed E-state index contributed by atoms with van der Waals surface area (Å²) in [7, 11) is 0. The Morgan fingerprint density at radius 2 is 1.89 bits per heavy atom. The molecule has 0 bridgehead atoms. The number of benzene rings is 1. The summed E-state index contributed by atoms with van der Waals surface area (Å²) >= 11 is 0. The van der Waals surface area contributed by atoms with Gasteiger partial charge < -0.3 is 15.2 Å². The molecular weight excluding hydrogens is 246 g/mol. The van der Waals surface area contributed by atoms with E-state index in [1.54, 1.807) is 0 Å². The minimum Gasteiger partial charge on any atom is -0.479 e. The van der Waals surface area contributed by atoms with E-state index in [0.717, 1.165) is 11.3 Å². The summed E-state index contributed by atoms with van der Waals surface area (Å²) in [5.74, 6) is -1.16. The second kappa shape index (κ2) is 6.89. The van der Waals surface area contributed by atoms with Gasteiger partial charge >= 0.3 is 5.97 Å². The monoisotopic (exact) mass is 265 g/mol. The number of para-hydroxylation sites is 1. The molecule has 1 atom stereocenters. The van der Waals surface area contributed by atoms with Crippen LogP contribution in [0.5, 0.6) is 0 Å². The Balaban J connectivity index is 2.60. The molecule has 0 aliphatic rings. The van der Waals surface area contributed by atoms with Gasteiger partial charge in [-0.2, -0.15) is 0 Å². The Kier molecular flexibility index (Phi) is 5.51. The normalized spacial score (nSPS) is 12.2. The minimum absolute atomic E-state index is 0.278. The van der Waals surface area contributed by atoms with E-state index < -0.39 is 12.1 Å². The lowest BCUT2D eigenvalue weighted by Crippen LogP contribution is -2.26. The van der Waals surface area contributed by atoms with Crippen molar-refractivity contribution in [1.29, 1.82) is 0 Å². The van der Waals surface area contributed by atoms with E-state index in [9.17, 15) is 9.59 Å². The molecular formula is C14H19NO4. The third-order valence-electron chi connectivity index (χ3n) is 2.67. The van der Waals surface area contributed by atoms with Crippen molar-refractivity contribution in [1.82, 2.24) is 0 Å². The molecule has 5 nitrogen and oxygen atoms in total. The molecule has 0 spiro atoms. The molecule has 0 aromatic heterocycles. The molecule has 1 rings (SSSR count). The first-order valence-corrected chi connectivity index (χ1v) is 6.15. The van der Waals surface area contributed by atoms with Crippen molar-refractivity contribution in [3.8, 4) is 0 Å². The molecule has 0 radical (unpaired) electrons. The standard InChI is InChI=1S/C14H19NO4/c1-9(2)11-6-4-5-7-12(11)15-13(16)8-19-10(3)14(17)18/h4-7,9-10H,8H2,1-3H3,(H,15,16)(H,17,18)/t10-/m0/s1. The van der Waals surface area contributed by atoms with Gasteiger partial charge in [-0.25, -0.2) is 4.79 Å². The molecule has 0 aliphatic carbocycles. The Hall–Kier alpha value is -1.88. The van der Waals surface area contributed by atoms with Crippen molar-refractivity contribution in [2.45, 2.75) is 32.8 Å². The summed E-state index contributed by atoms with van der Waals surface area (Å²) < 4.78 is 4.93. The second-order valence-electron chi connectivity index (χ2n) is 4.58. The van der Waals surface area contributed by atoms with Crippen LogP contribution in [0.2, 0.25) is 0 Å². The summed E-state index contributed by atoms with van der Waals surface area (Å²) in [4.78, 5) is 22.2. The minimum atomic E-state index is -1.09. The molecule has 1 aromatic rings. The van der Waals surface area contributed by atoms with Crippen LogP contribution < -0.4 is 5.32 Å². The van der Waals surface area contributed by atoms with Gasteiger partial charge in [0.25, 0.3) is 0 Å². The lowest BCUT2D eigenvalue weighted by Gasteiger charge is -2.14. The van der Waals surface area contributed by atoms with Crippen LogP contribution in [0, 0.1) is 0 Å². The van der Waals surface area contributed by atoms with Crippen molar-refractivity contribution in [3.05, 3.63) is 29.8 Å². The van der Waals surface area contributed by atoms with E-state index in [1.165, 1.54) is 6.92 Å². The number of hydrogen-bond acceptors (Lipinski definition) is 3. The van der Waals surface area contributed by atoms with Gasteiger partial charge in [0.05, 0.1) is 0 Å². The van der Waals surface area contributed by atoms with Crippen LogP contribution in [0.1, 0.15) is 32.3 Å². The fourth-order valence-corrected chi connectivity index (χ4v) is 1.57. The van der Waals surface area contributed by atoms with Crippen LogP contribution in [0.4, 0.5) is 5.69 Å². The number of carbonyl (C=O) groups is 2. The Morgan fingerprint density at radius 1 is 1.26 bits per heavy atom. The number of anilines is 1. The maximum absolute atomic E-state index is 11.7. The Morgan fingerprint density at radius 3 is 2.47 bits per heavy atom. The molecule has 0 saturated carbocycles. The van der Waals surface area contributed by atoms with Crippen molar-refractivity contribution in [3.63, 3.8) is 0 Å². The maximum Gasteiger partial charge on any atom is 0.332 e. The van der Waals surface area contributed by atoms with Gasteiger partial charge in [0, 0.05) is 5.69 Å². The molecule has 0 saturated heterocycles. The average Bonchev–Trinajstić information content (AvgIpc) is 2.36. The first-order chi connectivity index (χ1) is 8.91. The molecule has 0 unspecified atom stereocenters. The number of aliphatic carboxylic acids is 1. The Labute approximate surface area is 112 Å². The highest BCUT2D eigenvalue weighted by atomic mass is 16.5. The maximum atomic E-state index is 11.7. The molecule has 5 heteroatoms. The average molecular weight is 265 g/mol. The zero-order chi connectivity index (χ0) is 14.4. The van der Waals surface area contributed by atoms with Gasteiger partial charge in [0.15, 0.2) is 6.10 Å². The largest absolute Gasteiger partial charge is 0.479 e. The van der Waals surface area contributed by atoms with Gasteiger partial charge in [0.2, 0.25) is 5.91 Å². The summed E-state index contributed by atoms with van der Waals surface area (Å²) in [6.07, 6.45) is -0.994. The molecule has 0 fully saturated rings. The highest BCUT2D eigenvalue weighted by Crippen LogP contribution is 2.23. The van der Waals surface area contributed by atoms with E-state index in [0.29, 0.717) is 0 Å². The van der Waals surface area contributed by atoms with Crippen LogP contribution in [0.15, 0.2) is 24.3 Å². The SMILES string of the molecule is CC(C)c1ccccc1NC(=O)CO[C@@H](C)C(=O)O. The summed E-state index contributed by atoms with van der Waals surface area (Å²) in [5, 5.41) is 11.4. The first kappa shape index (κ1) is 15.2. The van der Waals surface area contributed by atoms with Crippen LogP contribution in [0.25, 0.3) is 0 Å². The molecule has 1 aromatic carbocycles. The topological polar surface area (TPSA) is 75.6 Å². The number of carboxylic acid groups (broad SMARTS) is 1. The van der Waals surface area contributed by atoms with E-state index >= 15 is 0 Å². The molecule has 0 aliphatic heterocycles. The lowest BCUT2D eigenvalue weighted by atomic mass is 10.0. The van der Waals surface area contributed by atoms with Crippen LogP contribution in [-0.4, -0.2) is 29.7 Å². The smallest absolute Gasteiger partial charge is 0.332 e. The van der Waals surface area contributed by atoms with E-state index in [1.807, 2.05) is 38.1 Å². The van der Waals surface area contributed by atoms with Crippen molar-refractivity contribution in [2.75, 3.05) is 11.9 Å². The number of carboxylic acids is 1. The van der Waals surface area contributed by atoms with Gasteiger partial charge in [-0.05, 0) is 24.5 Å². The molecule has 0 heterocycles. The number of nitrogens with one attached hydrogen (secondary N) is 1. The predicted octanol–water partition coefficient (Wildman–Crippen LogP) is 2.24. The fourth-order valence-electron chi connectivity index (χ4n) is 1.57. The molecule has 1 amide bonds. The summed E-state index contributed by atoms with van der Waals surface area (Å²) in [5.41, 5.74) is 1.76. The van der Waals surface area contributed by atoms with Crippen molar-refractivity contribution in [2.24, 2.45) is 0 Å².